The van der Waals surface area contributed by atoms with Crippen LogP contribution >= 0.6 is 0 Å². The zero-order valence-corrected chi connectivity index (χ0v) is 14.3. The van der Waals surface area contributed by atoms with Gasteiger partial charge in [0.15, 0.2) is 0 Å². The van der Waals surface area contributed by atoms with E-state index >= 15 is 0 Å². The van der Waals surface area contributed by atoms with E-state index < -0.39 is 15.8 Å². The number of halogens is 1. The van der Waals surface area contributed by atoms with Crippen molar-refractivity contribution in [3.05, 3.63) is 29.6 Å². The van der Waals surface area contributed by atoms with Gasteiger partial charge in [-0.3, -0.25) is 4.79 Å². The summed E-state index contributed by atoms with van der Waals surface area (Å²) < 4.78 is 40.0. The lowest BCUT2D eigenvalue weighted by molar-refractivity contribution is -0.133. The van der Waals surface area contributed by atoms with Gasteiger partial charge in [0.1, 0.15) is 5.82 Å². The van der Waals surface area contributed by atoms with Crippen LogP contribution in [0.25, 0.3) is 0 Å². The van der Waals surface area contributed by atoms with E-state index in [-0.39, 0.29) is 29.0 Å². The first-order chi connectivity index (χ1) is 10.8. The zero-order valence-electron chi connectivity index (χ0n) is 13.5. The number of nitrogens with zero attached hydrogens (tertiary/aromatic N) is 1. The Balaban J connectivity index is 2.03. The monoisotopic (exact) mass is 342 g/mol. The van der Waals surface area contributed by atoms with E-state index in [0.29, 0.717) is 6.54 Å². The van der Waals surface area contributed by atoms with Crippen molar-refractivity contribution in [1.82, 2.24) is 9.62 Å². The van der Waals surface area contributed by atoms with Crippen molar-refractivity contribution in [2.24, 2.45) is 0 Å². The number of benzene rings is 1. The highest BCUT2D eigenvalue weighted by atomic mass is 32.2. The second-order valence-corrected chi connectivity index (χ2v) is 7.65. The number of aryl methyl sites for hydroxylation is 1. The predicted octanol–water partition coefficient (Wildman–Crippen LogP) is 2.20. The van der Waals surface area contributed by atoms with Crippen LogP contribution < -0.4 is 4.72 Å². The lowest BCUT2D eigenvalue weighted by atomic mass is 10.00. The summed E-state index contributed by atoms with van der Waals surface area (Å²) in [5, 5.41) is 0. The highest BCUT2D eigenvalue weighted by Crippen LogP contribution is 2.19. The Bertz CT molecular complexity index is 676. The number of sulfonamides is 1. The van der Waals surface area contributed by atoms with Crippen molar-refractivity contribution in [3.63, 3.8) is 0 Å². The molecule has 0 saturated carbocycles. The van der Waals surface area contributed by atoms with Crippen LogP contribution in [0.5, 0.6) is 0 Å². The van der Waals surface area contributed by atoms with Gasteiger partial charge in [0.2, 0.25) is 15.9 Å². The minimum absolute atomic E-state index is 0.0325. The predicted molar refractivity (Wildman–Crippen MR) is 86.0 cm³/mol. The van der Waals surface area contributed by atoms with Crippen LogP contribution in [0.4, 0.5) is 4.39 Å². The molecule has 7 heteroatoms. The molecule has 0 bridgehead atoms. The standard InChI is InChI=1S/C16H23FN2O3S/c1-3-13-6-4-5-9-19(13)16(20)11-18-23(21,22)14-7-8-15(17)12(2)10-14/h7-8,10,13,18H,3-6,9,11H2,1-2H3. The SMILES string of the molecule is CCC1CCCCN1C(=O)CNS(=O)(=O)c1ccc(F)c(C)c1. The van der Waals surface area contributed by atoms with Gasteiger partial charge in [-0.15, -0.1) is 0 Å². The Morgan fingerprint density at radius 1 is 1.39 bits per heavy atom. The van der Waals surface area contributed by atoms with Gasteiger partial charge in [-0.05, 0) is 56.4 Å². The largest absolute Gasteiger partial charge is 0.339 e. The molecule has 1 aromatic carbocycles. The van der Waals surface area contributed by atoms with E-state index in [9.17, 15) is 17.6 Å². The second-order valence-electron chi connectivity index (χ2n) is 5.88. The highest BCUT2D eigenvalue weighted by molar-refractivity contribution is 7.89. The molecule has 1 saturated heterocycles. The van der Waals surface area contributed by atoms with Gasteiger partial charge in [0, 0.05) is 12.6 Å². The van der Waals surface area contributed by atoms with Gasteiger partial charge < -0.3 is 4.90 Å². The van der Waals surface area contributed by atoms with Gasteiger partial charge in [0.25, 0.3) is 0 Å². The fourth-order valence-electron chi connectivity index (χ4n) is 2.88. The maximum absolute atomic E-state index is 13.2. The Morgan fingerprint density at radius 2 is 2.13 bits per heavy atom. The zero-order chi connectivity index (χ0) is 17.0. The molecule has 0 aliphatic carbocycles. The molecule has 1 amide bonds. The van der Waals surface area contributed by atoms with Crippen molar-refractivity contribution < 1.29 is 17.6 Å². The summed E-state index contributed by atoms with van der Waals surface area (Å²) in [7, 11) is -3.82. The fourth-order valence-corrected chi connectivity index (χ4v) is 3.94. The number of rotatable bonds is 5. The molecule has 1 aliphatic heterocycles. The second kappa shape index (κ2) is 7.40. The van der Waals surface area contributed by atoms with E-state index in [0.717, 1.165) is 31.7 Å². The summed E-state index contributed by atoms with van der Waals surface area (Å²) in [6, 6.07) is 3.76. The van der Waals surface area contributed by atoms with Crippen molar-refractivity contribution in [1.29, 1.82) is 0 Å². The highest BCUT2D eigenvalue weighted by Gasteiger charge is 2.26. The van der Waals surface area contributed by atoms with Crippen LogP contribution in [-0.2, 0) is 14.8 Å². The van der Waals surface area contributed by atoms with E-state index in [1.807, 2.05) is 6.92 Å². The molecule has 1 aliphatic rings. The number of amides is 1. The minimum atomic E-state index is -3.82. The van der Waals surface area contributed by atoms with Crippen LogP contribution in [-0.4, -0.2) is 38.4 Å². The van der Waals surface area contributed by atoms with Gasteiger partial charge in [0.05, 0.1) is 11.4 Å². The molecule has 1 aromatic rings. The van der Waals surface area contributed by atoms with Crippen molar-refractivity contribution in [2.45, 2.75) is 50.5 Å². The van der Waals surface area contributed by atoms with Crippen LogP contribution in [0.2, 0.25) is 0 Å². The number of carbonyl (C=O) groups excluding carboxylic acids is 1. The number of hydrogen-bond acceptors (Lipinski definition) is 3. The van der Waals surface area contributed by atoms with Gasteiger partial charge in [-0.2, -0.15) is 0 Å². The Kier molecular flexibility index (Phi) is 5.75. The average molecular weight is 342 g/mol. The molecule has 5 nitrogen and oxygen atoms in total. The molecule has 2 rings (SSSR count). The number of nitrogens with one attached hydrogen (secondary N) is 1. The molecule has 1 heterocycles. The average Bonchev–Trinajstić information content (AvgIpc) is 2.55. The summed E-state index contributed by atoms with van der Waals surface area (Å²) in [5.74, 6) is -0.668. The molecule has 23 heavy (non-hydrogen) atoms. The van der Waals surface area contributed by atoms with E-state index in [2.05, 4.69) is 4.72 Å². The summed E-state index contributed by atoms with van der Waals surface area (Å²) >= 11 is 0. The first-order valence-corrected chi connectivity index (χ1v) is 9.38. The molecule has 1 unspecified atom stereocenters. The number of hydrogen-bond donors (Lipinski definition) is 1. The molecule has 128 valence electrons. The van der Waals surface area contributed by atoms with E-state index in [1.165, 1.54) is 19.1 Å². The fraction of sp³-hybridized carbons (Fsp3) is 0.562. The minimum Gasteiger partial charge on any atom is -0.339 e. The molecule has 1 atom stereocenters. The van der Waals surface area contributed by atoms with Crippen LogP contribution in [0.1, 0.15) is 38.2 Å². The molecule has 1 fully saturated rings. The van der Waals surface area contributed by atoms with Crippen molar-refractivity contribution in [3.8, 4) is 0 Å². The maximum atomic E-state index is 13.2. The Labute approximate surface area is 136 Å². The smallest absolute Gasteiger partial charge is 0.241 e. The summed E-state index contributed by atoms with van der Waals surface area (Å²) in [5.41, 5.74) is 0.251. The quantitative estimate of drug-likeness (QED) is 0.892. The third-order valence-electron chi connectivity index (χ3n) is 4.27. The molecule has 1 N–H and O–H groups in total. The molecule has 0 radical (unpaired) electrons. The Morgan fingerprint density at radius 3 is 2.78 bits per heavy atom. The van der Waals surface area contributed by atoms with Crippen molar-refractivity contribution in [2.75, 3.05) is 13.1 Å². The number of likely N-dealkylation sites (tertiary alicyclic amines) is 1. The Hall–Kier alpha value is -1.47. The third kappa shape index (κ3) is 4.29. The van der Waals surface area contributed by atoms with E-state index in [4.69, 9.17) is 0 Å². The summed E-state index contributed by atoms with van der Waals surface area (Å²) in [6.07, 6.45) is 3.89. The maximum Gasteiger partial charge on any atom is 0.241 e. The first-order valence-electron chi connectivity index (χ1n) is 7.90. The van der Waals surface area contributed by atoms with Gasteiger partial charge in [-0.1, -0.05) is 6.92 Å². The van der Waals surface area contributed by atoms with Crippen LogP contribution in [0, 0.1) is 12.7 Å². The van der Waals surface area contributed by atoms with Crippen LogP contribution in [0.3, 0.4) is 0 Å². The molecule has 0 aromatic heterocycles. The van der Waals surface area contributed by atoms with Crippen molar-refractivity contribution >= 4 is 15.9 Å². The molecular weight excluding hydrogens is 319 g/mol. The number of piperidine rings is 1. The molecule has 0 spiro atoms. The lowest BCUT2D eigenvalue weighted by Gasteiger charge is -2.35. The summed E-state index contributed by atoms with van der Waals surface area (Å²) in [6.45, 7) is 3.94. The van der Waals surface area contributed by atoms with Gasteiger partial charge in [-0.25, -0.2) is 17.5 Å². The normalized spacial score (nSPS) is 18.9. The van der Waals surface area contributed by atoms with Crippen LogP contribution in [0.15, 0.2) is 23.1 Å². The summed E-state index contributed by atoms with van der Waals surface area (Å²) in [4.78, 5) is 14.0. The lowest BCUT2D eigenvalue weighted by Crippen LogP contribution is -2.47. The van der Waals surface area contributed by atoms with E-state index in [1.54, 1.807) is 4.90 Å². The molecular formula is C16H23FN2O3S. The first kappa shape index (κ1) is 17.9. The van der Waals surface area contributed by atoms with Gasteiger partial charge >= 0.3 is 0 Å². The topological polar surface area (TPSA) is 66.5 Å². The number of carbonyl (C=O) groups is 1. The third-order valence-corrected chi connectivity index (χ3v) is 5.67.